The van der Waals surface area contributed by atoms with E-state index in [-0.39, 0.29) is 5.69 Å². The van der Waals surface area contributed by atoms with Gasteiger partial charge in [-0.3, -0.25) is 9.59 Å². The van der Waals surface area contributed by atoms with Crippen LogP contribution in [-0.2, 0) is 20.9 Å². The minimum absolute atomic E-state index is 0.156. The van der Waals surface area contributed by atoms with E-state index in [0.717, 1.165) is 4.68 Å². The summed E-state index contributed by atoms with van der Waals surface area (Å²) in [5.41, 5.74) is 0.156. The highest BCUT2D eigenvalue weighted by atomic mass is 16.5. The number of carboxylic acids is 1. The van der Waals surface area contributed by atoms with E-state index in [0.29, 0.717) is 19.4 Å². The first-order valence-electron chi connectivity index (χ1n) is 6.17. The van der Waals surface area contributed by atoms with Crippen LogP contribution in [0.2, 0.25) is 0 Å². The van der Waals surface area contributed by atoms with Crippen LogP contribution in [0, 0.1) is 0 Å². The molecule has 0 spiro atoms. The first-order chi connectivity index (χ1) is 9.54. The highest BCUT2D eigenvalue weighted by Gasteiger charge is 2.36. The van der Waals surface area contributed by atoms with Gasteiger partial charge >= 0.3 is 11.9 Å². The second kappa shape index (κ2) is 5.72. The lowest BCUT2D eigenvalue weighted by Crippen LogP contribution is -2.42. The Hall–Kier alpha value is -2.38. The van der Waals surface area contributed by atoms with Crippen molar-refractivity contribution in [2.24, 2.45) is 0 Å². The molecule has 0 bridgehead atoms. The highest BCUT2D eigenvalue weighted by molar-refractivity contribution is 5.96. The van der Waals surface area contributed by atoms with Gasteiger partial charge in [0.15, 0.2) is 0 Å². The highest BCUT2D eigenvalue weighted by Crippen LogP contribution is 2.21. The molecule has 2 heterocycles. The Morgan fingerprint density at radius 3 is 2.90 bits per heavy atom. The van der Waals surface area contributed by atoms with Crippen LogP contribution in [0.5, 0.6) is 0 Å². The van der Waals surface area contributed by atoms with Crippen LogP contribution >= 0.6 is 0 Å². The number of amides is 1. The van der Waals surface area contributed by atoms with Gasteiger partial charge in [0.05, 0.1) is 7.11 Å². The zero-order valence-corrected chi connectivity index (χ0v) is 11.0. The zero-order valence-electron chi connectivity index (χ0n) is 11.0. The Balaban J connectivity index is 2.20. The average Bonchev–Trinajstić information content (AvgIpc) is 3.04. The summed E-state index contributed by atoms with van der Waals surface area (Å²) in [5, 5.41) is 12.6. The predicted molar refractivity (Wildman–Crippen MR) is 65.9 cm³/mol. The smallest absolute Gasteiger partial charge is 0.328 e. The number of likely N-dealkylation sites (tertiary alicyclic amines) is 1. The second-order valence-corrected chi connectivity index (χ2v) is 4.45. The summed E-state index contributed by atoms with van der Waals surface area (Å²) >= 11 is 0. The maximum atomic E-state index is 12.4. The van der Waals surface area contributed by atoms with Gasteiger partial charge < -0.3 is 14.7 Å². The van der Waals surface area contributed by atoms with Gasteiger partial charge in [-0.2, -0.15) is 5.10 Å². The molecule has 0 saturated carbocycles. The first-order valence-corrected chi connectivity index (χ1v) is 6.17. The Bertz CT molecular complexity index is 539. The second-order valence-electron chi connectivity index (χ2n) is 4.45. The van der Waals surface area contributed by atoms with Crippen molar-refractivity contribution in [1.82, 2.24) is 14.7 Å². The largest absolute Gasteiger partial charge is 0.480 e. The minimum atomic E-state index is -1.09. The molecule has 1 aromatic heterocycles. The Labute approximate surface area is 114 Å². The molecule has 8 nitrogen and oxygen atoms in total. The van der Waals surface area contributed by atoms with Crippen LogP contribution in [0.1, 0.15) is 23.3 Å². The molecule has 1 N–H and O–H groups in total. The van der Waals surface area contributed by atoms with Crippen molar-refractivity contribution in [2.45, 2.75) is 25.4 Å². The predicted octanol–water partition coefficient (Wildman–Crippen LogP) is -0.255. The van der Waals surface area contributed by atoms with Gasteiger partial charge in [0.25, 0.3) is 5.91 Å². The number of hydrogen-bond acceptors (Lipinski definition) is 5. The van der Waals surface area contributed by atoms with Gasteiger partial charge in [-0.1, -0.05) is 0 Å². The standard InChI is InChI=1S/C12H15N3O5/c1-20-12(19)9-3-2-6-14(9)11(18)8-4-5-13-15(8)7-10(16)17/h4-5,9H,2-3,6-7H2,1H3,(H,16,17). The van der Waals surface area contributed by atoms with Crippen LogP contribution in [0.25, 0.3) is 0 Å². The minimum Gasteiger partial charge on any atom is -0.480 e. The summed E-state index contributed by atoms with van der Waals surface area (Å²) in [5.74, 6) is -1.95. The Morgan fingerprint density at radius 2 is 2.25 bits per heavy atom. The molecule has 0 aliphatic carbocycles. The zero-order chi connectivity index (χ0) is 14.7. The molecule has 2 rings (SSSR count). The van der Waals surface area contributed by atoms with E-state index in [1.54, 1.807) is 0 Å². The number of methoxy groups -OCH3 is 1. The molecule has 1 saturated heterocycles. The summed E-state index contributed by atoms with van der Waals surface area (Å²) < 4.78 is 5.79. The molecule has 1 amide bonds. The van der Waals surface area contributed by atoms with Crippen molar-refractivity contribution in [3.05, 3.63) is 18.0 Å². The van der Waals surface area contributed by atoms with E-state index < -0.39 is 30.4 Å². The number of hydrogen-bond donors (Lipinski definition) is 1. The fraction of sp³-hybridized carbons (Fsp3) is 0.500. The molecule has 1 atom stereocenters. The molecule has 1 fully saturated rings. The van der Waals surface area contributed by atoms with Crippen molar-refractivity contribution in [2.75, 3.05) is 13.7 Å². The van der Waals surface area contributed by atoms with Gasteiger partial charge in [-0.15, -0.1) is 0 Å². The molecule has 0 radical (unpaired) electrons. The first kappa shape index (κ1) is 14.0. The van der Waals surface area contributed by atoms with E-state index in [4.69, 9.17) is 5.11 Å². The van der Waals surface area contributed by atoms with Crippen molar-refractivity contribution >= 4 is 17.8 Å². The summed E-state index contributed by atoms with van der Waals surface area (Å²) in [7, 11) is 1.28. The van der Waals surface area contributed by atoms with Crippen molar-refractivity contribution in [3.63, 3.8) is 0 Å². The van der Waals surface area contributed by atoms with Crippen molar-refractivity contribution in [1.29, 1.82) is 0 Å². The van der Waals surface area contributed by atoms with Crippen LogP contribution in [-0.4, -0.2) is 57.3 Å². The lowest BCUT2D eigenvalue weighted by Gasteiger charge is -2.22. The number of aliphatic carboxylic acids is 1. The number of aromatic nitrogens is 2. The Morgan fingerprint density at radius 1 is 1.50 bits per heavy atom. The van der Waals surface area contributed by atoms with Crippen LogP contribution in [0.15, 0.2) is 12.3 Å². The molecule has 1 aliphatic heterocycles. The van der Waals surface area contributed by atoms with E-state index in [1.165, 1.54) is 24.3 Å². The maximum Gasteiger partial charge on any atom is 0.328 e. The number of rotatable bonds is 4. The number of esters is 1. The molecule has 1 unspecified atom stereocenters. The number of carbonyl (C=O) groups excluding carboxylic acids is 2. The third kappa shape index (κ3) is 2.63. The van der Waals surface area contributed by atoms with E-state index in [9.17, 15) is 14.4 Å². The number of carbonyl (C=O) groups is 3. The maximum absolute atomic E-state index is 12.4. The fourth-order valence-corrected chi connectivity index (χ4v) is 2.31. The van der Waals surface area contributed by atoms with Crippen LogP contribution in [0.3, 0.4) is 0 Å². The van der Waals surface area contributed by atoms with Crippen LogP contribution < -0.4 is 0 Å². The molecular weight excluding hydrogens is 266 g/mol. The van der Waals surface area contributed by atoms with E-state index in [1.807, 2.05) is 0 Å². The summed E-state index contributed by atoms with van der Waals surface area (Å²) in [4.78, 5) is 36.2. The van der Waals surface area contributed by atoms with Gasteiger partial charge in [-0.25, -0.2) is 9.48 Å². The van der Waals surface area contributed by atoms with E-state index >= 15 is 0 Å². The summed E-state index contributed by atoms with van der Waals surface area (Å²) in [6.45, 7) is 0.0433. The average molecular weight is 281 g/mol. The molecule has 108 valence electrons. The number of nitrogens with zero attached hydrogens (tertiary/aromatic N) is 3. The lowest BCUT2D eigenvalue weighted by atomic mass is 10.2. The van der Waals surface area contributed by atoms with Crippen molar-refractivity contribution in [3.8, 4) is 0 Å². The monoisotopic (exact) mass is 281 g/mol. The van der Waals surface area contributed by atoms with Crippen LogP contribution in [0.4, 0.5) is 0 Å². The van der Waals surface area contributed by atoms with Gasteiger partial charge in [-0.05, 0) is 18.9 Å². The van der Waals surface area contributed by atoms with Gasteiger partial charge in [0.1, 0.15) is 18.3 Å². The quantitative estimate of drug-likeness (QED) is 0.763. The molecular formula is C12H15N3O5. The molecule has 8 heteroatoms. The normalized spacial score (nSPS) is 18.1. The third-order valence-corrected chi connectivity index (χ3v) is 3.21. The van der Waals surface area contributed by atoms with Gasteiger partial charge in [0.2, 0.25) is 0 Å². The molecule has 1 aliphatic rings. The van der Waals surface area contributed by atoms with Gasteiger partial charge in [0, 0.05) is 12.7 Å². The van der Waals surface area contributed by atoms with Crippen molar-refractivity contribution < 1.29 is 24.2 Å². The SMILES string of the molecule is COC(=O)C1CCCN1C(=O)c1ccnn1CC(=O)O. The molecule has 20 heavy (non-hydrogen) atoms. The summed E-state index contributed by atoms with van der Waals surface area (Å²) in [6, 6.07) is 0.832. The fourth-order valence-electron chi connectivity index (χ4n) is 2.31. The molecule has 0 aromatic carbocycles. The third-order valence-electron chi connectivity index (χ3n) is 3.21. The molecule has 1 aromatic rings. The number of carboxylic acid groups (broad SMARTS) is 1. The van der Waals surface area contributed by atoms with E-state index in [2.05, 4.69) is 9.84 Å². The lowest BCUT2D eigenvalue weighted by molar-refractivity contribution is -0.145. The topological polar surface area (TPSA) is 102 Å². The Kier molecular flexibility index (Phi) is 4.02. The number of ether oxygens (including phenoxy) is 1. The summed E-state index contributed by atoms with van der Waals surface area (Å²) in [6.07, 6.45) is 2.61.